The second-order valence-corrected chi connectivity index (χ2v) is 6.59. The maximum absolute atomic E-state index is 12.2. The fourth-order valence-corrected chi connectivity index (χ4v) is 3.35. The topological polar surface area (TPSA) is 54.3 Å². The van der Waals surface area contributed by atoms with E-state index in [0.29, 0.717) is 18.5 Å². The summed E-state index contributed by atoms with van der Waals surface area (Å²) in [5.41, 5.74) is 3.98. The quantitative estimate of drug-likeness (QED) is 0.911. The number of hydrogen-bond acceptors (Lipinski definition) is 2. The number of likely N-dealkylation sites (tertiary alicyclic amines) is 1. The van der Waals surface area contributed by atoms with Crippen LogP contribution in [0.5, 0.6) is 0 Å². The van der Waals surface area contributed by atoms with Gasteiger partial charge in [0.1, 0.15) is 0 Å². The lowest BCUT2D eigenvalue weighted by molar-refractivity contribution is -0.129. The van der Waals surface area contributed by atoms with Crippen LogP contribution in [-0.2, 0) is 4.79 Å². The molecule has 1 fully saturated rings. The van der Waals surface area contributed by atoms with Crippen LogP contribution >= 0.6 is 0 Å². The van der Waals surface area contributed by atoms with E-state index in [1.54, 1.807) is 0 Å². The number of aromatic nitrogens is 1. The molecule has 1 aromatic carbocycles. The lowest BCUT2D eigenvalue weighted by atomic mass is 10.2. The molecule has 2 aromatic rings. The van der Waals surface area contributed by atoms with E-state index < -0.39 is 0 Å². The number of benzene rings is 1. The van der Waals surface area contributed by atoms with E-state index in [9.17, 15) is 9.59 Å². The number of hydrogen-bond donors (Lipinski definition) is 1. The summed E-state index contributed by atoms with van der Waals surface area (Å²) in [6.07, 6.45) is 2.54. The normalized spacial score (nSPS) is 13.9. The average Bonchev–Trinajstić information content (AvgIpc) is 3.25. The van der Waals surface area contributed by atoms with E-state index >= 15 is 0 Å². The SMILES string of the molecule is Cc1ccc(C)n1-c1ccc(C(=O)NCCC(=O)N2CCCC2)cc1. The van der Waals surface area contributed by atoms with E-state index in [0.717, 1.165) is 43.0 Å². The number of carbonyl (C=O) groups is 2. The first kappa shape index (κ1) is 17.3. The number of rotatable bonds is 5. The van der Waals surface area contributed by atoms with Gasteiger partial charge in [-0.1, -0.05) is 0 Å². The molecule has 1 aliphatic rings. The Hall–Kier alpha value is -2.56. The lowest BCUT2D eigenvalue weighted by Gasteiger charge is -2.15. The Kier molecular flexibility index (Phi) is 5.22. The Morgan fingerprint density at radius 2 is 1.56 bits per heavy atom. The van der Waals surface area contributed by atoms with Crippen molar-refractivity contribution in [3.8, 4) is 5.69 Å². The van der Waals surface area contributed by atoms with Crippen LogP contribution in [-0.4, -0.2) is 40.9 Å². The van der Waals surface area contributed by atoms with E-state index in [1.807, 2.05) is 29.2 Å². The lowest BCUT2D eigenvalue weighted by Crippen LogP contribution is -2.32. The van der Waals surface area contributed by atoms with Crippen LogP contribution in [0.25, 0.3) is 5.69 Å². The van der Waals surface area contributed by atoms with Crippen LogP contribution in [0.2, 0.25) is 0 Å². The monoisotopic (exact) mass is 339 g/mol. The number of aryl methyl sites for hydroxylation is 2. The number of nitrogens with one attached hydrogen (secondary N) is 1. The summed E-state index contributed by atoms with van der Waals surface area (Å²) in [4.78, 5) is 26.1. The molecule has 0 bridgehead atoms. The minimum absolute atomic E-state index is 0.131. The molecule has 132 valence electrons. The molecular formula is C20H25N3O2. The third-order valence-corrected chi connectivity index (χ3v) is 4.74. The van der Waals surface area contributed by atoms with Crippen molar-refractivity contribution in [2.45, 2.75) is 33.1 Å². The Balaban J connectivity index is 1.55. The maximum Gasteiger partial charge on any atom is 0.251 e. The van der Waals surface area contributed by atoms with Gasteiger partial charge in [-0.25, -0.2) is 0 Å². The van der Waals surface area contributed by atoms with E-state index in [-0.39, 0.29) is 11.8 Å². The number of nitrogens with zero attached hydrogens (tertiary/aromatic N) is 2. The highest BCUT2D eigenvalue weighted by Gasteiger charge is 2.17. The molecule has 25 heavy (non-hydrogen) atoms. The van der Waals surface area contributed by atoms with Crippen LogP contribution < -0.4 is 5.32 Å². The minimum atomic E-state index is -0.137. The number of amides is 2. The fraction of sp³-hybridized carbons (Fsp3) is 0.400. The summed E-state index contributed by atoms with van der Waals surface area (Å²) in [5.74, 6) is -0.00609. The molecule has 5 heteroatoms. The molecule has 1 N–H and O–H groups in total. The fourth-order valence-electron chi connectivity index (χ4n) is 3.35. The van der Waals surface area contributed by atoms with Gasteiger partial charge in [0.05, 0.1) is 0 Å². The van der Waals surface area contributed by atoms with Crippen LogP contribution in [0, 0.1) is 13.8 Å². The molecule has 0 saturated carbocycles. The molecule has 2 heterocycles. The zero-order valence-corrected chi connectivity index (χ0v) is 14.9. The van der Waals surface area contributed by atoms with Crippen LogP contribution in [0.1, 0.15) is 41.0 Å². The van der Waals surface area contributed by atoms with Gasteiger partial charge < -0.3 is 14.8 Å². The molecule has 0 unspecified atom stereocenters. The third-order valence-electron chi connectivity index (χ3n) is 4.74. The van der Waals surface area contributed by atoms with Crippen LogP contribution in [0.15, 0.2) is 36.4 Å². The predicted octanol–water partition coefficient (Wildman–Crippen LogP) is 2.84. The minimum Gasteiger partial charge on any atom is -0.352 e. The Bertz CT molecular complexity index is 736. The van der Waals surface area contributed by atoms with Crippen molar-refractivity contribution < 1.29 is 9.59 Å². The Morgan fingerprint density at radius 3 is 2.16 bits per heavy atom. The smallest absolute Gasteiger partial charge is 0.251 e. The van der Waals surface area contributed by atoms with Gasteiger partial charge in [0.15, 0.2) is 0 Å². The number of carbonyl (C=O) groups excluding carboxylic acids is 2. The molecule has 5 nitrogen and oxygen atoms in total. The summed E-state index contributed by atoms with van der Waals surface area (Å²) >= 11 is 0. The summed E-state index contributed by atoms with van der Waals surface area (Å²) in [6.45, 7) is 6.21. The van der Waals surface area contributed by atoms with Gasteiger partial charge in [0.25, 0.3) is 5.91 Å². The van der Waals surface area contributed by atoms with Gasteiger partial charge in [0, 0.05) is 48.7 Å². The van der Waals surface area contributed by atoms with Gasteiger partial charge in [-0.05, 0) is 63.1 Å². The van der Waals surface area contributed by atoms with E-state index in [2.05, 4.69) is 35.9 Å². The molecule has 0 spiro atoms. The zero-order chi connectivity index (χ0) is 17.8. The summed E-state index contributed by atoms with van der Waals surface area (Å²) in [7, 11) is 0. The van der Waals surface area contributed by atoms with Crippen molar-refractivity contribution in [3.63, 3.8) is 0 Å². The van der Waals surface area contributed by atoms with Gasteiger partial charge in [0.2, 0.25) is 5.91 Å². The second-order valence-electron chi connectivity index (χ2n) is 6.59. The molecule has 2 amide bonds. The third kappa shape index (κ3) is 3.92. The Morgan fingerprint density at radius 1 is 0.960 bits per heavy atom. The molecule has 0 aliphatic carbocycles. The van der Waals surface area contributed by atoms with Crippen LogP contribution in [0.4, 0.5) is 0 Å². The highest BCUT2D eigenvalue weighted by atomic mass is 16.2. The largest absolute Gasteiger partial charge is 0.352 e. The van der Waals surface area contributed by atoms with E-state index in [4.69, 9.17) is 0 Å². The summed E-state index contributed by atoms with van der Waals surface area (Å²) in [6, 6.07) is 11.7. The molecule has 3 rings (SSSR count). The zero-order valence-electron chi connectivity index (χ0n) is 14.9. The van der Waals surface area contributed by atoms with Gasteiger partial charge in [-0.3, -0.25) is 9.59 Å². The second kappa shape index (κ2) is 7.55. The van der Waals surface area contributed by atoms with Crippen molar-refractivity contribution >= 4 is 11.8 Å². The predicted molar refractivity (Wildman–Crippen MR) is 98.0 cm³/mol. The molecular weight excluding hydrogens is 314 g/mol. The average molecular weight is 339 g/mol. The van der Waals surface area contributed by atoms with Crippen molar-refractivity contribution in [1.82, 2.24) is 14.8 Å². The Labute approximate surface area is 148 Å². The van der Waals surface area contributed by atoms with Gasteiger partial charge in [-0.2, -0.15) is 0 Å². The van der Waals surface area contributed by atoms with Gasteiger partial charge >= 0.3 is 0 Å². The molecule has 1 aliphatic heterocycles. The first-order valence-corrected chi connectivity index (χ1v) is 8.87. The highest BCUT2D eigenvalue weighted by Crippen LogP contribution is 2.17. The maximum atomic E-state index is 12.2. The standard InChI is InChI=1S/C20H25N3O2/c1-15-5-6-16(2)23(15)18-9-7-17(8-10-18)20(25)21-12-11-19(24)22-13-3-4-14-22/h5-10H,3-4,11-14H2,1-2H3,(H,21,25). The highest BCUT2D eigenvalue weighted by molar-refractivity contribution is 5.94. The molecule has 0 radical (unpaired) electrons. The molecule has 1 saturated heterocycles. The van der Waals surface area contributed by atoms with Crippen molar-refractivity contribution in [1.29, 1.82) is 0 Å². The van der Waals surface area contributed by atoms with Gasteiger partial charge in [-0.15, -0.1) is 0 Å². The molecule has 0 atom stereocenters. The molecule has 1 aromatic heterocycles. The van der Waals surface area contributed by atoms with Crippen LogP contribution in [0.3, 0.4) is 0 Å². The van der Waals surface area contributed by atoms with Crippen molar-refractivity contribution in [2.24, 2.45) is 0 Å². The first-order valence-electron chi connectivity index (χ1n) is 8.87. The summed E-state index contributed by atoms with van der Waals surface area (Å²) < 4.78 is 2.15. The first-order chi connectivity index (χ1) is 12.1. The summed E-state index contributed by atoms with van der Waals surface area (Å²) in [5, 5.41) is 2.84. The van der Waals surface area contributed by atoms with E-state index in [1.165, 1.54) is 0 Å². The van der Waals surface area contributed by atoms with Crippen molar-refractivity contribution in [2.75, 3.05) is 19.6 Å². The van der Waals surface area contributed by atoms with Crippen molar-refractivity contribution in [3.05, 3.63) is 53.3 Å².